The summed E-state index contributed by atoms with van der Waals surface area (Å²) >= 11 is 0. The zero-order valence-electron chi connectivity index (χ0n) is 20.4. The fraction of sp³-hybridized carbons (Fsp3) is 0.593. The van der Waals surface area contributed by atoms with E-state index in [4.69, 9.17) is 14.2 Å². The van der Waals surface area contributed by atoms with Crippen LogP contribution < -0.4 is 5.32 Å². The lowest BCUT2D eigenvalue weighted by Crippen LogP contribution is -2.60. The molecule has 0 saturated carbocycles. The Hall–Kier alpha value is -2.19. The van der Waals surface area contributed by atoms with Gasteiger partial charge in [0.2, 0.25) is 0 Å². The average Bonchev–Trinajstić information content (AvgIpc) is 3.23. The van der Waals surface area contributed by atoms with E-state index in [-0.39, 0.29) is 17.4 Å². The summed E-state index contributed by atoms with van der Waals surface area (Å²) in [6.07, 6.45) is 7.17. The molecule has 1 N–H and O–H groups in total. The van der Waals surface area contributed by atoms with Gasteiger partial charge in [-0.15, -0.1) is 0 Å². The summed E-state index contributed by atoms with van der Waals surface area (Å²) in [6, 6.07) is 8.49. The van der Waals surface area contributed by atoms with E-state index >= 15 is 0 Å². The van der Waals surface area contributed by atoms with Gasteiger partial charge in [-0.05, 0) is 49.9 Å². The highest BCUT2D eigenvalue weighted by atomic mass is 16.7. The molecule has 4 aliphatic rings. The van der Waals surface area contributed by atoms with Crippen LogP contribution in [-0.2, 0) is 25.4 Å². The molecule has 1 amide bonds. The molecular formula is C27H35N3O4. The Bertz CT molecular complexity index is 1150. The van der Waals surface area contributed by atoms with Crippen molar-refractivity contribution in [3.63, 3.8) is 0 Å². The van der Waals surface area contributed by atoms with Gasteiger partial charge in [-0.1, -0.05) is 25.1 Å². The number of carbonyl (C=O) groups excluding carboxylic acids is 1. The van der Waals surface area contributed by atoms with Crippen LogP contribution in [0.3, 0.4) is 0 Å². The number of amides is 1. The summed E-state index contributed by atoms with van der Waals surface area (Å²) in [4.78, 5) is 16.7. The van der Waals surface area contributed by atoms with Gasteiger partial charge in [-0.25, -0.2) is 0 Å². The molecule has 1 aromatic heterocycles. The standard InChI is InChI=1S/C27H35N3O4/c1-4-26-11-7-13-29-14-10-19-18-8-5-6-9-20(18)30(23(19)24(26)29)21(16-26)25(31)28-22-17-34-15-12-27(22,32-2)33-3/h5-6,8-9,16,22,24H,4,7,10-15,17H2,1-3H3,(H,28,31)/t22?,24-,26+/m1/s1. The molecule has 0 aliphatic carbocycles. The first-order valence-corrected chi connectivity index (χ1v) is 12.7. The highest BCUT2D eigenvalue weighted by Gasteiger charge is 2.51. The zero-order chi connectivity index (χ0) is 23.5. The number of ether oxygens (including phenoxy) is 3. The maximum Gasteiger partial charge on any atom is 0.268 e. The van der Waals surface area contributed by atoms with Gasteiger partial charge in [0.05, 0.1) is 24.8 Å². The van der Waals surface area contributed by atoms with Crippen molar-refractivity contribution in [2.45, 2.75) is 56.9 Å². The minimum atomic E-state index is -0.881. The van der Waals surface area contributed by atoms with E-state index in [1.165, 1.54) is 16.6 Å². The number of methoxy groups -OCH3 is 2. The van der Waals surface area contributed by atoms with Crippen molar-refractivity contribution in [3.05, 3.63) is 41.6 Å². The molecule has 2 aromatic rings. The number of nitrogens with one attached hydrogen (secondary N) is 1. The molecule has 3 atom stereocenters. The van der Waals surface area contributed by atoms with Crippen LogP contribution in [0, 0.1) is 5.41 Å². The maximum atomic E-state index is 14.1. The number of hydrogen-bond donors (Lipinski definition) is 1. The van der Waals surface area contributed by atoms with E-state index in [9.17, 15) is 4.79 Å². The molecule has 2 fully saturated rings. The lowest BCUT2D eigenvalue weighted by Gasteiger charge is -2.53. The lowest BCUT2D eigenvalue weighted by molar-refractivity contribution is -0.257. The Balaban J connectivity index is 1.49. The Kier molecular flexibility index (Phi) is 5.37. The van der Waals surface area contributed by atoms with Crippen LogP contribution >= 0.6 is 0 Å². The second kappa shape index (κ2) is 8.19. The Morgan fingerprint density at radius 1 is 1.21 bits per heavy atom. The number of aromatic nitrogens is 1. The van der Waals surface area contributed by atoms with Crippen molar-refractivity contribution in [3.8, 4) is 0 Å². The zero-order valence-corrected chi connectivity index (χ0v) is 20.4. The predicted octanol–water partition coefficient (Wildman–Crippen LogP) is 3.48. The van der Waals surface area contributed by atoms with Gasteiger partial charge in [0.1, 0.15) is 11.7 Å². The van der Waals surface area contributed by atoms with Gasteiger partial charge < -0.3 is 24.1 Å². The van der Waals surface area contributed by atoms with Crippen molar-refractivity contribution in [1.82, 2.24) is 14.8 Å². The largest absolute Gasteiger partial charge is 0.379 e. The Morgan fingerprint density at radius 2 is 2.03 bits per heavy atom. The van der Waals surface area contributed by atoms with Crippen LogP contribution in [0.25, 0.3) is 16.6 Å². The molecule has 0 radical (unpaired) electrons. The van der Waals surface area contributed by atoms with E-state index in [1.54, 1.807) is 14.2 Å². The minimum Gasteiger partial charge on any atom is -0.379 e. The van der Waals surface area contributed by atoms with E-state index in [0.717, 1.165) is 50.0 Å². The Morgan fingerprint density at radius 3 is 2.82 bits per heavy atom. The van der Waals surface area contributed by atoms with E-state index < -0.39 is 5.79 Å². The Labute approximate surface area is 201 Å². The fourth-order valence-corrected chi connectivity index (χ4v) is 7.12. The molecule has 7 nitrogen and oxygen atoms in total. The van der Waals surface area contributed by atoms with Gasteiger partial charge in [-0.3, -0.25) is 9.69 Å². The quantitative estimate of drug-likeness (QED) is 0.685. The smallest absolute Gasteiger partial charge is 0.268 e. The summed E-state index contributed by atoms with van der Waals surface area (Å²) in [5, 5.41) is 4.52. The monoisotopic (exact) mass is 465 g/mol. The van der Waals surface area contributed by atoms with Crippen molar-refractivity contribution in [2.24, 2.45) is 5.41 Å². The van der Waals surface area contributed by atoms with Crippen molar-refractivity contribution >= 4 is 22.5 Å². The maximum absolute atomic E-state index is 14.1. The molecule has 34 heavy (non-hydrogen) atoms. The molecule has 182 valence electrons. The molecule has 4 aliphatic heterocycles. The second-order valence-corrected chi connectivity index (χ2v) is 10.2. The molecule has 1 aromatic carbocycles. The average molecular weight is 466 g/mol. The van der Waals surface area contributed by atoms with Crippen molar-refractivity contribution in [2.75, 3.05) is 40.5 Å². The minimum absolute atomic E-state index is 0.0346. The summed E-state index contributed by atoms with van der Waals surface area (Å²) in [6.45, 7) is 5.40. The number of rotatable bonds is 5. The third-order valence-corrected chi connectivity index (χ3v) is 8.89. The van der Waals surface area contributed by atoms with E-state index in [0.29, 0.717) is 25.7 Å². The molecule has 0 spiro atoms. The van der Waals surface area contributed by atoms with Crippen LogP contribution in [0.2, 0.25) is 0 Å². The molecule has 2 saturated heterocycles. The first-order chi connectivity index (χ1) is 16.6. The summed E-state index contributed by atoms with van der Waals surface area (Å²) in [7, 11) is 3.27. The summed E-state index contributed by atoms with van der Waals surface area (Å²) in [5.74, 6) is -0.972. The first-order valence-electron chi connectivity index (χ1n) is 12.7. The van der Waals surface area contributed by atoms with E-state index in [1.807, 2.05) is 0 Å². The SMILES string of the molecule is CC[C@@]12C=C(C(=O)NC3COCCC3(OC)OC)n3c4c(c5ccccc53)CCN(CCC1)[C@H]42. The van der Waals surface area contributed by atoms with Gasteiger partial charge >= 0.3 is 0 Å². The van der Waals surface area contributed by atoms with Crippen molar-refractivity contribution in [1.29, 1.82) is 0 Å². The molecule has 1 unspecified atom stereocenters. The van der Waals surface area contributed by atoms with Crippen LogP contribution in [-0.4, -0.2) is 67.7 Å². The van der Waals surface area contributed by atoms with Crippen LogP contribution in [0.5, 0.6) is 0 Å². The lowest BCUT2D eigenvalue weighted by atomic mass is 9.66. The highest BCUT2D eigenvalue weighted by Crippen LogP contribution is 2.57. The number of carbonyl (C=O) groups is 1. The molecule has 6 rings (SSSR count). The first kappa shape index (κ1) is 22.3. The normalized spacial score (nSPS) is 30.0. The van der Waals surface area contributed by atoms with Crippen molar-refractivity contribution < 1.29 is 19.0 Å². The van der Waals surface area contributed by atoms with Gasteiger partial charge in [-0.2, -0.15) is 0 Å². The number of piperidine rings is 1. The van der Waals surface area contributed by atoms with Crippen LogP contribution in [0.4, 0.5) is 0 Å². The highest BCUT2D eigenvalue weighted by molar-refractivity contribution is 6.16. The number of hydrogen-bond acceptors (Lipinski definition) is 5. The van der Waals surface area contributed by atoms with Crippen LogP contribution in [0.1, 0.15) is 49.9 Å². The predicted molar refractivity (Wildman–Crippen MR) is 130 cm³/mol. The molecular weight excluding hydrogens is 430 g/mol. The second-order valence-electron chi connectivity index (χ2n) is 10.2. The fourth-order valence-electron chi connectivity index (χ4n) is 7.12. The van der Waals surface area contributed by atoms with Gasteiger partial charge in [0.25, 0.3) is 5.91 Å². The third-order valence-electron chi connectivity index (χ3n) is 8.89. The summed E-state index contributed by atoms with van der Waals surface area (Å²) < 4.78 is 19.5. The van der Waals surface area contributed by atoms with Crippen LogP contribution in [0.15, 0.2) is 30.3 Å². The third kappa shape index (κ3) is 3.00. The number of para-hydroxylation sites is 1. The molecule has 7 heteroatoms. The van der Waals surface area contributed by atoms with Gasteiger partial charge in [0.15, 0.2) is 5.79 Å². The molecule has 0 bridgehead atoms. The van der Waals surface area contributed by atoms with E-state index in [2.05, 4.69) is 52.0 Å². The topological polar surface area (TPSA) is 65.0 Å². The van der Waals surface area contributed by atoms with Gasteiger partial charge in [0, 0.05) is 43.7 Å². The number of benzene rings is 1. The number of nitrogens with zero attached hydrogens (tertiary/aromatic N) is 2. The summed E-state index contributed by atoms with van der Waals surface area (Å²) in [5.41, 5.74) is 4.56. The number of fused-ring (bicyclic) bond motifs is 3. The molecule has 5 heterocycles.